The summed E-state index contributed by atoms with van der Waals surface area (Å²) in [4.78, 5) is 22.2. The molecule has 0 aliphatic carbocycles. The van der Waals surface area contributed by atoms with Crippen molar-refractivity contribution in [1.82, 2.24) is 5.32 Å². The molecule has 0 saturated heterocycles. The Kier molecular flexibility index (Phi) is 6.27. The fourth-order valence-corrected chi connectivity index (χ4v) is 2.18. The predicted molar refractivity (Wildman–Crippen MR) is 90.7 cm³/mol. The van der Waals surface area contributed by atoms with Gasteiger partial charge in [-0.05, 0) is 23.6 Å². The molecule has 0 radical (unpaired) electrons. The molecule has 0 bridgehead atoms. The lowest BCUT2D eigenvalue weighted by atomic mass is 10.1. The van der Waals surface area contributed by atoms with Crippen LogP contribution in [0.2, 0.25) is 0 Å². The van der Waals surface area contributed by atoms with Crippen LogP contribution in [-0.2, 0) is 17.8 Å². The van der Waals surface area contributed by atoms with E-state index < -0.39 is 4.92 Å². The lowest BCUT2D eigenvalue weighted by Crippen LogP contribution is -2.31. The molecule has 1 amide bonds. The highest BCUT2D eigenvalue weighted by molar-refractivity contribution is 5.81. The molecule has 0 aromatic heterocycles. The van der Waals surface area contributed by atoms with E-state index in [1.54, 1.807) is 18.2 Å². The van der Waals surface area contributed by atoms with E-state index in [2.05, 4.69) is 10.6 Å². The molecule has 24 heavy (non-hydrogen) atoms. The number of benzene rings is 2. The maximum atomic E-state index is 11.8. The second-order valence-electron chi connectivity index (χ2n) is 5.20. The molecule has 2 aromatic rings. The minimum Gasteiger partial charge on any atom is -0.392 e. The van der Waals surface area contributed by atoms with Crippen LogP contribution in [0.15, 0.2) is 48.5 Å². The summed E-state index contributed by atoms with van der Waals surface area (Å²) in [6.07, 6.45) is 0.670. The Morgan fingerprint density at radius 2 is 1.75 bits per heavy atom. The Bertz CT molecular complexity index is 701. The van der Waals surface area contributed by atoms with Crippen molar-refractivity contribution in [2.24, 2.45) is 0 Å². The van der Waals surface area contributed by atoms with Crippen LogP contribution in [0.1, 0.15) is 11.1 Å². The summed E-state index contributed by atoms with van der Waals surface area (Å²) in [5.41, 5.74) is 2.15. The summed E-state index contributed by atoms with van der Waals surface area (Å²) in [5, 5.41) is 25.4. The Morgan fingerprint density at radius 3 is 2.42 bits per heavy atom. The van der Waals surface area contributed by atoms with Gasteiger partial charge >= 0.3 is 0 Å². The highest BCUT2D eigenvalue weighted by Crippen LogP contribution is 2.22. The number of aliphatic hydroxyl groups is 1. The van der Waals surface area contributed by atoms with Crippen LogP contribution >= 0.6 is 0 Å². The van der Waals surface area contributed by atoms with E-state index in [4.69, 9.17) is 5.11 Å². The Hall–Kier alpha value is -2.93. The number of hydrogen-bond donors (Lipinski definition) is 3. The lowest BCUT2D eigenvalue weighted by molar-refractivity contribution is -0.383. The van der Waals surface area contributed by atoms with Gasteiger partial charge in [-0.3, -0.25) is 14.9 Å². The van der Waals surface area contributed by atoms with E-state index >= 15 is 0 Å². The van der Waals surface area contributed by atoms with Gasteiger partial charge in [0.2, 0.25) is 5.91 Å². The second kappa shape index (κ2) is 8.64. The van der Waals surface area contributed by atoms with E-state index in [-0.39, 0.29) is 24.7 Å². The topological polar surface area (TPSA) is 104 Å². The summed E-state index contributed by atoms with van der Waals surface area (Å²) in [6, 6.07) is 13.7. The molecule has 2 aromatic carbocycles. The number of nitro benzene ring substituents is 1. The van der Waals surface area contributed by atoms with Gasteiger partial charge in [0.05, 0.1) is 18.1 Å². The number of rotatable bonds is 8. The van der Waals surface area contributed by atoms with Crippen molar-refractivity contribution >= 4 is 17.3 Å². The summed E-state index contributed by atoms with van der Waals surface area (Å²) >= 11 is 0. The zero-order chi connectivity index (χ0) is 17.4. The van der Waals surface area contributed by atoms with Crippen LogP contribution in [0.25, 0.3) is 0 Å². The van der Waals surface area contributed by atoms with E-state index in [0.29, 0.717) is 18.7 Å². The monoisotopic (exact) mass is 329 g/mol. The number of carbonyl (C=O) groups is 1. The van der Waals surface area contributed by atoms with Crippen LogP contribution in [0.4, 0.5) is 11.4 Å². The summed E-state index contributed by atoms with van der Waals surface area (Å²) in [6.45, 7) is 0.443. The maximum absolute atomic E-state index is 11.8. The lowest BCUT2D eigenvalue weighted by Gasteiger charge is -2.08. The van der Waals surface area contributed by atoms with Gasteiger partial charge in [0.25, 0.3) is 5.69 Å². The quantitative estimate of drug-likeness (QED) is 0.506. The van der Waals surface area contributed by atoms with Crippen molar-refractivity contribution in [3.63, 3.8) is 0 Å². The Morgan fingerprint density at radius 1 is 1.08 bits per heavy atom. The third-order valence-corrected chi connectivity index (χ3v) is 3.48. The third-order valence-electron chi connectivity index (χ3n) is 3.48. The standard InChI is InChI=1S/C17H19N3O4/c21-12-14-7-5-13(6-8-14)9-10-18-17(22)11-19-15-3-1-2-4-16(15)20(23)24/h1-8,19,21H,9-12H2,(H,18,22). The van der Waals surface area contributed by atoms with Crippen molar-refractivity contribution in [3.8, 4) is 0 Å². The summed E-state index contributed by atoms with van der Waals surface area (Å²) in [5.74, 6) is -0.236. The molecule has 0 fully saturated rings. The van der Waals surface area contributed by atoms with Crippen LogP contribution in [0, 0.1) is 10.1 Å². The first-order chi connectivity index (χ1) is 11.6. The molecule has 0 unspecified atom stereocenters. The van der Waals surface area contributed by atoms with Crippen molar-refractivity contribution in [1.29, 1.82) is 0 Å². The largest absolute Gasteiger partial charge is 0.392 e. The van der Waals surface area contributed by atoms with Crippen molar-refractivity contribution < 1.29 is 14.8 Å². The number of nitrogens with zero attached hydrogens (tertiary/aromatic N) is 1. The molecule has 0 aliphatic rings. The number of hydrogen-bond acceptors (Lipinski definition) is 5. The molecule has 3 N–H and O–H groups in total. The van der Waals surface area contributed by atoms with Crippen LogP contribution in [-0.4, -0.2) is 29.0 Å². The van der Waals surface area contributed by atoms with E-state index in [0.717, 1.165) is 11.1 Å². The number of para-hydroxylation sites is 2. The van der Waals surface area contributed by atoms with Crippen molar-refractivity contribution in [2.45, 2.75) is 13.0 Å². The Labute approximate surface area is 139 Å². The van der Waals surface area contributed by atoms with Gasteiger partial charge in [-0.15, -0.1) is 0 Å². The van der Waals surface area contributed by atoms with Gasteiger partial charge in [0, 0.05) is 12.6 Å². The fourth-order valence-electron chi connectivity index (χ4n) is 2.18. The number of carbonyl (C=O) groups excluding carboxylic acids is 1. The smallest absolute Gasteiger partial charge is 0.292 e. The molecular weight excluding hydrogens is 310 g/mol. The molecule has 0 spiro atoms. The molecule has 0 atom stereocenters. The van der Waals surface area contributed by atoms with Crippen molar-refractivity contribution in [2.75, 3.05) is 18.4 Å². The van der Waals surface area contributed by atoms with E-state index in [1.807, 2.05) is 24.3 Å². The number of amides is 1. The average Bonchev–Trinajstić information content (AvgIpc) is 2.60. The highest BCUT2D eigenvalue weighted by Gasteiger charge is 2.12. The minimum atomic E-state index is -0.490. The van der Waals surface area contributed by atoms with Crippen molar-refractivity contribution in [3.05, 3.63) is 69.8 Å². The fraction of sp³-hybridized carbons (Fsp3) is 0.235. The van der Waals surface area contributed by atoms with Crippen LogP contribution < -0.4 is 10.6 Å². The second-order valence-corrected chi connectivity index (χ2v) is 5.20. The molecular formula is C17H19N3O4. The van der Waals surface area contributed by atoms with E-state index in [1.165, 1.54) is 6.07 Å². The minimum absolute atomic E-state index is 0.00824. The van der Waals surface area contributed by atoms with Crippen LogP contribution in [0.3, 0.4) is 0 Å². The van der Waals surface area contributed by atoms with Gasteiger partial charge in [0.15, 0.2) is 0 Å². The SMILES string of the molecule is O=C(CNc1ccccc1[N+](=O)[O-])NCCc1ccc(CO)cc1. The first-order valence-corrected chi connectivity index (χ1v) is 7.53. The Balaban J connectivity index is 1.76. The maximum Gasteiger partial charge on any atom is 0.292 e. The number of anilines is 1. The van der Waals surface area contributed by atoms with Gasteiger partial charge < -0.3 is 15.7 Å². The molecule has 2 rings (SSSR count). The molecule has 0 saturated carbocycles. The molecule has 0 aliphatic heterocycles. The van der Waals surface area contributed by atoms with Crippen LogP contribution in [0.5, 0.6) is 0 Å². The normalized spacial score (nSPS) is 10.2. The molecule has 7 nitrogen and oxygen atoms in total. The number of nitro groups is 1. The first-order valence-electron chi connectivity index (χ1n) is 7.53. The van der Waals surface area contributed by atoms with Gasteiger partial charge in [0.1, 0.15) is 5.69 Å². The highest BCUT2D eigenvalue weighted by atomic mass is 16.6. The average molecular weight is 329 g/mol. The molecule has 0 heterocycles. The summed E-state index contributed by atoms with van der Waals surface area (Å²) in [7, 11) is 0. The first kappa shape index (κ1) is 17.4. The van der Waals surface area contributed by atoms with Gasteiger partial charge in [-0.1, -0.05) is 36.4 Å². The molecule has 126 valence electrons. The third kappa shape index (κ3) is 5.06. The predicted octanol–water partition coefficient (Wildman–Crippen LogP) is 1.86. The van der Waals surface area contributed by atoms with Gasteiger partial charge in [-0.25, -0.2) is 0 Å². The zero-order valence-electron chi connectivity index (χ0n) is 13.1. The molecule has 7 heteroatoms. The number of aliphatic hydroxyl groups excluding tert-OH is 1. The van der Waals surface area contributed by atoms with Gasteiger partial charge in [-0.2, -0.15) is 0 Å². The zero-order valence-corrected chi connectivity index (χ0v) is 13.1. The number of nitrogens with one attached hydrogen (secondary N) is 2. The summed E-state index contributed by atoms with van der Waals surface area (Å²) < 4.78 is 0. The van der Waals surface area contributed by atoms with E-state index in [9.17, 15) is 14.9 Å².